The Balaban J connectivity index is 2.19. The van der Waals surface area contributed by atoms with Crippen molar-refractivity contribution in [1.29, 1.82) is 0 Å². The second kappa shape index (κ2) is 5.06. The van der Waals surface area contributed by atoms with Gasteiger partial charge in [0.1, 0.15) is 16.4 Å². The molecule has 0 atom stereocenters. The van der Waals surface area contributed by atoms with Gasteiger partial charge >= 0.3 is 0 Å². The summed E-state index contributed by atoms with van der Waals surface area (Å²) >= 11 is 0. The predicted molar refractivity (Wildman–Crippen MR) is 66.8 cm³/mol. The Bertz CT molecular complexity index is 674. The van der Waals surface area contributed by atoms with Gasteiger partial charge in [-0.2, -0.15) is 0 Å². The zero-order valence-corrected chi connectivity index (χ0v) is 11.7. The van der Waals surface area contributed by atoms with Crippen molar-refractivity contribution in [2.24, 2.45) is 0 Å². The molecule has 0 bridgehead atoms. The minimum Gasteiger partial charge on any atom is -0.360 e. The number of aryl methyl sites for hydroxylation is 3. The Morgan fingerprint density at radius 1 is 1.32 bits per heavy atom. The van der Waals surface area contributed by atoms with Gasteiger partial charge in [0, 0.05) is 6.20 Å². The molecule has 0 radical (unpaired) electrons. The highest BCUT2D eigenvalue weighted by atomic mass is 32.2. The molecule has 19 heavy (non-hydrogen) atoms. The van der Waals surface area contributed by atoms with Crippen molar-refractivity contribution in [2.75, 3.05) is 0 Å². The van der Waals surface area contributed by atoms with E-state index in [1.54, 1.807) is 33.0 Å². The van der Waals surface area contributed by atoms with E-state index in [9.17, 15) is 8.42 Å². The summed E-state index contributed by atoms with van der Waals surface area (Å²) in [7, 11) is -3.66. The van der Waals surface area contributed by atoms with E-state index in [0.717, 1.165) is 0 Å². The molecule has 0 aliphatic carbocycles. The number of hydrogen-bond acceptors (Lipinski definition) is 6. The summed E-state index contributed by atoms with van der Waals surface area (Å²) in [4.78, 5) is 8.16. The second-order valence-electron chi connectivity index (χ2n) is 4.07. The van der Waals surface area contributed by atoms with Crippen molar-refractivity contribution in [3.05, 3.63) is 35.2 Å². The van der Waals surface area contributed by atoms with Crippen molar-refractivity contribution in [1.82, 2.24) is 19.8 Å². The smallest absolute Gasteiger partial charge is 0.246 e. The van der Waals surface area contributed by atoms with Crippen LogP contribution < -0.4 is 4.72 Å². The molecule has 0 aliphatic rings. The standard InChI is InChI=1S/C11H14N4O3S/c1-7-11(8(2)18-15-7)19(16,17)13-6-10-4-5-12-9(3)14-10/h4-5,13H,6H2,1-3H3. The molecule has 0 saturated heterocycles. The van der Waals surface area contributed by atoms with Crippen LogP contribution in [0.15, 0.2) is 21.7 Å². The molecule has 0 unspecified atom stereocenters. The summed E-state index contributed by atoms with van der Waals surface area (Å²) in [6.07, 6.45) is 1.59. The average molecular weight is 282 g/mol. The van der Waals surface area contributed by atoms with Crippen LogP contribution in [0.2, 0.25) is 0 Å². The van der Waals surface area contributed by atoms with Gasteiger partial charge in [-0.05, 0) is 26.8 Å². The Labute approximate surface area is 111 Å². The fraction of sp³-hybridized carbons (Fsp3) is 0.364. The first-order valence-electron chi connectivity index (χ1n) is 5.61. The second-order valence-corrected chi connectivity index (χ2v) is 5.78. The molecule has 0 aromatic carbocycles. The van der Waals surface area contributed by atoms with E-state index in [2.05, 4.69) is 19.8 Å². The van der Waals surface area contributed by atoms with Gasteiger partial charge in [0.15, 0.2) is 5.76 Å². The van der Waals surface area contributed by atoms with Crippen LogP contribution in [0.3, 0.4) is 0 Å². The maximum Gasteiger partial charge on any atom is 0.246 e. The van der Waals surface area contributed by atoms with Crippen LogP contribution >= 0.6 is 0 Å². The normalized spacial score (nSPS) is 11.7. The van der Waals surface area contributed by atoms with Crippen molar-refractivity contribution >= 4 is 10.0 Å². The molecule has 1 N–H and O–H groups in total. The van der Waals surface area contributed by atoms with Crippen LogP contribution in [0.1, 0.15) is 23.0 Å². The fourth-order valence-corrected chi connectivity index (χ4v) is 3.03. The van der Waals surface area contributed by atoms with Crippen molar-refractivity contribution in [3.8, 4) is 0 Å². The third-order valence-electron chi connectivity index (χ3n) is 2.51. The number of nitrogens with zero attached hydrogens (tertiary/aromatic N) is 3. The van der Waals surface area contributed by atoms with Gasteiger partial charge in [-0.1, -0.05) is 5.16 Å². The number of sulfonamides is 1. The average Bonchev–Trinajstić information content (AvgIpc) is 2.67. The molecular weight excluding hydrogens is 268 g/mol. The van der Waals surface area contributed by atoms with Gasteiger partial charge in [-0.25, -0.2) is 23.1 Å². The molecule has 7 nitrogen and oxygen atoms in total. The molecule has 2 aromatic rings. The summed E-state index contributed by atoms with van der Waals surface area (Å²) in [6.45, 7) is 4.98. The third kappa shape index (κ3) is 2.96. The number of aromatic nitrogens is 3. The Morgan fingerprint density at radius 2 is 2.05 bits per heavy atom. The van der Waals surface area contributed by atoms with E-state index in [4.69, 9.17) is 4.52 Å². The van der Waals surface area contributed by atoms with Crippen LogP contribution in [-0.2, 0) is 16.6 Å². The van der Waals surface area contributed by atoms with Crippen molar-refractivity contribution < 1.29 is 12.9 Å². The monoisotopic (exact) mass is 282 g/mol. The Morgan fingerprint density at radius 3 is 2.63 bits per heavy atom. The third-order valence-corrected chi connectivity index (χ3v) is 4.16. The summed E-state index contributed by atoms with van der Waals surface area (Å²) < 4.78 is 31.6. The number of rotatable bonds is 4. The summed E-state index contributed by atoms with van der Waals surface area (Å²) in [5, 5.41) is 3.63. The molecular formula is C11H14N4O3S. The SMILES string of the molecule is Cc1nccc(CNS(=O)(=O)c2c(C)noc2C)n1. The van der Waals surface area contributed by atoms with Gasteiger partial charge in [-0.15, -0.1) is 0 Å². The van der Waals surface area contributed by atoms with E-state index in [1.165, 1.54) is 0 Å². The van der Waals surface area contributed by atoms with Gasteiger partial charge < -0.3 is 4.52 Å². The summed E-state index contributed by atoms with van der Waals surface area (Å²) in [5.41, 5.74) is 0.937. The lowest BCUT2D eigenvalue weighted by molar-refractivity contribution is 0.390. The maximum atomic E-state index is 12.1. The van der Waals surface area contributed by atoms with Gasteiger partial charge in [0.05, 0.1) is 12.2 Å². The molecule has 0 spiro atoms. The largest absolute Gasteiger partial charge is 0.360 e. The molecule has 2 heterocycles. The minimum absolute atomic E-state index is 0.0817. The molecule has 0 aliphatic heterocycles. The highest BCUT2D eigenvalue weighted by molar-refractivity contribution is 7.89. The van der Waals surface area contributed by atoms with E-state index in [0.29, 0.717) is 17.2 Å². The lowest BCUT2D eigenvalue weighted by Crippen LogP contribution is -2.24. The molecule has 2 aromatic heterocycles. The zero-order chi connectivity index (χ0) is 14.0. The van der Waals surface area contributed by atoms with Crippen molar-refractivity contribution in [3.63, 3.8) is 0 Å². The Kier molecular flexibility index (Phi) is 3.63. The molecule has 102 valence electrons. The van der Waals surface area contributed by atoms with E-state index < -0.39 is 10.0 Å². The lowest BCUT2D eigenvalue weighted by atomic mass is 10.4. The predicted octanol–water partition coefficient (Wildman–Crippen LogP) is 0.868. The fourth-order valence-electron chi connectivity index (χ4n) is 1.70. The molecule has 0 saturated carbocycles. The molecule has 8 heteroatoms. The van der Waals surface area contributed by atoms with E-state index >= 15 is 0 Å². The van der Waals surface area contributed by atoms with Gasteiger partial charge in [0.2, 0.25) is 10.0 Å². The minimum atomic E-state index is -3.66. The number of nitrogens with one attached hydrogen (secondary N) is 1. The van der Waals surface area contributed by atoms with Gasteiger partial charge in [-0.3, -0.25) is 0 Å². The van der Waals surface area contributed by atoms with E-state index in [1.807, 2.05) is 0 Å². The first kappa shape index (κ1) is 13.6. The molecule has 0 fully saturated rings. The van der Waals surface area contributed by atoms with Crippen LogP contribution in [-0.4, -0.2) is 23.5 Å². The Hall–Kier alpha value is -1.80. The van der Waals surface area contributed by atoms with Crippen LogP contribution in [0.25, 0.3) is 0 Å². The lowest BCUT2D eigenvalue weighted by Gasteiger charge is -2.05. The van der Waals surface area contributed by atoms with Crippen LogP contribution in [0.4, 0.5) is 0 Å². The summed E-state index contributed by atoms with van der Waals surface area (Å²) in [5.74, 6) is 0.859. The molecule has 2 rings (SSSR count). The first-order valence-corrected chi connectivity index (χ1v) is 7.09. The zero-order valence-electron chi connectivity index (χ0n) is 10.8. The first-order chi connectivity index (χ1) is 8.90. The highest BCUT2D eigenvalue weighted by Gasteiger charge is 2.23. The van der Waals surface area contributed by atoms with Crippen LogP contribution in [0.5, 0.6) is 0 Å². The number of hydrogen-bond donors (Lipinski definition) is 1. The quantitative estimate of drug-likeness (QED) is 0.893. The van der Waals surface area contributed by atoms with Crippen LogP contribution in [0, 0.1) is 20.8 Å². The molecule has 0 amide bonds. The topological polar surface area (TPSA) is 98.0 Å². The van der Waals surface area contributed by atoms with Crippen molar-refractivity contribution in [2.45, 2.75) is 32.2 Å². The van der Waals surface area contributed by atoms with Gasteiger partial charge in [0.25, 0.3) is 0 Å². The summed E-state index contributed by atoms with van der Waals surface area (Å²) in [6, 6.07) is 1.66. The highest BCUT2D eigenvalue weighted by Crippen LogP contribution is 2.18. The van der Waals surface area contributed by atoms with E-state index in [-0.39, 0.29) is 17.2 Å². The maximum absolute atomic E-state index is 12.1.